The first-order chi connectivity index (χ1) is 10.0. The first-order valence-electron chi connectivity index (χ1n) is 6.96. The Labute approximate surface area is 123 Å². The maximum absolute atomic E-state index is 12.3. The Kier molecular flexibility index (Phi) is 4.80. The van der Waals surface area contributed by atoms with Crippen LogP contribution in [0.2, 0.25) is 0 Å². The summed E-state index contributed by atoms with van der Waals surface area (Å²) in [6.45, 7) is 2.19. The van der Waals surface area contributed by atoms with Crippen molar-refractivity contribution in [3.8, 4) is 0 Å². The number of anilines is 1. The van der Waals surface area contributed by atoms with E-state index in [1.54, 1.807) is 31.2 Å². The molecular formula is C15H20N2O4. The molecule has 2 rings (SSSR count). The predicted octanol–water partition coefficient (Wildman–Crippen LogP) is 1.91. The van der Waals surface area contributed by atoms with Gasteiger partial charge in [-0.1, -0.05) is 12.1 Å². The number of carbonyl (C=O) groups excluding carboxylic acids is 2. The van der Waals surface area contributed by atoms with Crippen LogP contribution in [0.5, 0.6) is 0 Å². The Balaban J connectivity index is 2.07. The number of likely N-dealkylation sites (tertiary alicyclic amines) is 1. The van der Waals surface area contributed by atoms with E-state index in [1.165, 1.54) is 12.0 Å². The molecule has 1 aromatic carbocycles. The number of nitrogens with one attached hydrogen (secondary N) is 1. The molecule has 1 aromatic rings. The summed E-state index contributed by atoms with van der Waals surface area (Å²) in [5.74, 6) is -0.389. The summed E-state index contributed by atoms with van der Waals surface area (Å²) in [6.07, 6.45) is 0.797. The number of carbonyl (C=O) groups is 2. The van der Waals surface area contributed by atoms with Gasteiger partial charge in [0.05, 0.1) is 13.2 Å². The number of aliphatic hydroxyl groups excluding tert-OH is 1. The van der Waals surface area contributed by atoms with Gasteiger partial charge in [0.15, 0.2) is 0 Å². The van der Waals surface area contributed by atoms with Crippen molar-refractivity contribution in [2.45, 2.75) is 31.9 Å². The van der Waals surface area contributed by atoms with Gasteiger partial charge in [-0.2, -0.15) is 0 Å². The lowest BCUT2D eigenvalue weighted by Crippen LogP contribution is -2.43. The number of ether oxygens (including phenoxy) is 1. The van der Waals surface area contributed by atoms with Gasteiger partial charge in [-0.25, -0.2) is 9.59 Å². The third-order valence-corrected chi connectivity index (χ3v) is 3.61. The number of amides is 2. The van der Waals surface area contributed by atoms with E-state index in [2.05, 4.69) is 5.32 Å². The number of nitrogens with zero attached hydrogens (tertiary/aromatic N) is 1. The van der Waals surface area contributed by atoms with Gasteiger partial charge in [-0.15, -0.1) is 0 Å². The van der Waals surface area contributed by atoms with Crippen LogP contribution in [0.15, 0.2) is 24.3 Å². The molecule has 0 aromatic heterocycles. The van der Waals surface area contributed by atoms with E-state index < -0.39 is 12.1 Å². The minimum atomic E-state index is -0.601. The lowest BCUT2D eigenvalue weighted by atomic mass is 10.1. The lowest BCUT2D eigenvalue weighted by Gasteiger charge is -2.23. The molecule has 1 saturated heterocycles. The van der Waals surface area contributed by atoms with Crippen LogP contribution in [-0.4, -0.2) is 41.7 Å². The Morgan fingerprint density at radius 3 is 2.90 bits per heavy atom. The highest BCUT2D eigenvalue weighted by Gasteiger charge is 2.34. The highest BCUT2D eigenvalue weighted by molar-refractivity contribution is 5.93. The van der Waals surface area contributed by atoms with Crippen LogP contribution >= 0.6 is 0 Å². The monoisotopic (exact) mass is 292 g/mol. The third-order valence-electron chi connectivity index (χ3n) is 3.61. The maximum atomic E-state index is 12.3. The van der Waals surface area contributed by atoms with Crippen LogP contribution in [0.25, 0.3) is 0 Å². The number of hydrogen-bond donors (Lipinski definition) is 2. The van der Waals surface area contributed by atoms with Gasteiger partial charge in [0.25, 0.3) is 0 Å². The van der Waals surface area contributed by atoms with Gasteiger partial charge in [0.1, 0.15) is 6.04 Å². The standard InChI is InChI=1S/C15H20N2O4/c1-10(18)11-5-3-6-12(9-11)16-15(20)17-8-4-7-13(17)14(19)21-2/h3,5-6,9-10,13,18H,4,7-8H2,1-2H3,(H,16,20). The summed E-state index contributed by atoms with van der Waals surface area (Å²) >= 11 is 0. The van der Waals surface area contributed by atoms with Gasteiger partial charge in [-0.3, -0.25) is 0 Å². The molecule has 2 amide bonds. The molecule has 0 aliphatic carbocycles. The summed E-state index contributed by atoms with van der Waals surface area (Å²) in [4.78, 5) is 25.4. The van der Waals surface area contributed by atoms with E-state index in [-0.39, 0.29) is 12.0 Å². The number of benzene rings is 1. The molecular weight excluding hydrogens is 272 g/mol. The maximum Gasteiger partial charge on any atom is 0.328 e. The van der Waals surface area contributed by atoms with Crippen LogP contribution in [0.4, 0.5) is 10.5 Å². The Morgan fingerprint density at radius 1 is 1.48 bits per heavy atom. The van der Waals surface area contributed by atoms with Crippen molar-refractivity contribution in [1.29, 1.82) is 0 Å². The Hall–Kier alpha value is -2.08. The predicted molar refractivity (Wildman–Crippen MR) is 77.8 cm³/mol. The van der Waals surface area contributed by atoms with E-state index in [4.69, 9.17) is 4.74 Å². The Bertz CT molecular complexity index is 530. The fourth-order valence-electron chi connectivity index (χ4n) is 2.46. The molecule has 1 aliphatic heterocycles. The number of esters is 1. The average molecular weight is 292 g/mol. The van der Waals surface area contributed by atoms with Crippen molar-refractivity contribution >= 4 is 17.7 Å². The van der Waals surface area contributed by atoms with E-state index >= 15 is 0 Å². The Morgan fingerprint density at radius 2 is 2.24 bits per heavy atom. The van der Waals surface area contributed by atoms with Crippen molar-refractivity contribution in [2.24, 2.45) is 0 Å². The van der Waals surface area contributed by atoms with E-state index in [1.807, 2.05) is 0 Å². The summed E-state index contributed by atoms with van der Waals surface area (Å²) in [5, 5.41) is 12.3. The topological polar surface area (TPSA) is 78.9 Å². The lowest BCUT2D eigenvalue weighted by molar-refractivity contribution is -0.144. The molecule has 2 N–H and O–H groups in total. The van der Waals surface area contributed by atoms with Gasteiger partial charge < -0.3 is 20.1 Å². The molecule has 1 aliphatic rings. The first-order valence-corrected chi connectivity index (χ1v) is 6.96. The minimum absolute atomic E-state index is 0.328. The molecule has 6 nitrogen and oxygen atoms in total. The molecule has 1 heterocycles. The molecule has 0 saturated carbocycles. The fraction of sp³-hybridized carbons (Fsp3) is 0.467. The summed E-state index contributed by atoms with van der Waals surface area (Å²) in [5.41, 5.74) is 1.31. The molecule has 114 valence electrons. The van der Waals surface area contributed by atoms with Gasteiger partial charge in [-0.05, 0) is 37.5 Å². The second kappa shape index (κ2) is 6.58. The molecule has 0 bridgehead atoms. The smallest absolute Gasteiger partial charge is 0.328 e. The summed E-state index contributed by atoms with van der Waals surface area (Å²) < 4.78 is 4.72. The number of aliphatic hydroxyl groups is 1. The zero-order chi connectivity index (χ0) is 15.4. The van der Waals surface area contributed by atoms with Crippen molar-refractivity contribution < 1.29 is 19.4 Å². The van der Waals surface area contributed by atoms with Crippen LogP contribution in [-0.2, 0) is 9.53 Å². The number of urea groups is 1. The van der Waals surface area contributed by atoms with Gasteiger partial charge >= 0.3 is 12.0 Å². The van der Waals surface area contributed by atoms with E-state index in [0.717, 1.165) is 12.0 Å². The SMILES string of the molecule is COC(=O)C1CCCN1C(=O)Nc1cccc(C(C)O)c1. The average Bonchev–Trinajstić information content (AvgIpc) is 2.96. The minimum Gasteiger partial charge on any atom is -0.467 e. The van der Waals surface area contributed by atoms with Crippen molar-refractivity contribution in [3.05, 3.63) is 29.8 Å². The fourth-order valence-corrected chi connectivity index (χ4v) is 2.46. The van der Waals surface area contributed by atoms with Crippen LogP contribution in [0.1, 0.15) is 31.4 Å². The van der Waals surface area contributed by atoms with Gasteiger partial charge in [0, 0.05) is 12.2 Å². The largest absolute Gasteiger partial charge is 0.467 e. The highest BCUT2D eigenvalue weighted by Crippen LogP contribution is 2.21. The molecule has 0 spiro atoms. The first kappa shape index (κ1) is 15.3. The number of hydrogen-bond acceptors (Lipinski definition) is 4. The molecule has 2 unspecified atom stereocenters. The second-order valence-corrected chi connectivity index (χ2v) is 5.11. The molecule has 21 heavy (non-hydrogen) atoms. The van der Waals surface area contributed by atoms with Crippen molar-refractivity contribution in [2.75, 3.05) is 19.0 Å². The van der Waals surface area contributed by atoms with Crippen LogP contribution in [0, 0.1) is 0 Å². The summed E-state index contributed by atoms with van der Waals surface area (Å²) in [6, 6.07) is 6.16. The van der Waals surface area contributed by atoms with Gasteiger partial charge in [0.2, 0.25) is 0 Å². The number of rotatable bonds is 3. The van der Waals surface area contributed by atoms with Crippen molar-refractivity contribution in [3.63, 3.8) is 0 Å². The van der Waals surface area contributed by atoms with E-state index in [0.29, 0.717) is 18.7 Å². The molecule has 2 atom stereocenters. The zero-order valence-corrected chi connectivity index (χ0v) is 12.2. The van der Waals surface area contributed by atoms with Crippen LogP contribution in [0.3, 0.4) is 0 Å². The van der Waals surface area contributed by atoms with E-state index in [9.17, 15) is 14.7 Å². The molecule has 1 fully saturated rings. The summed E-state index contributed by atoms with van der Waals surface area (Å²) in [7, 11) is 1.32. The quantitative estimate of drug-likeness (QED) is 0.834. The highest BCUT2D eigenvalue weighted by atomic mass is 16.5. The molecule has 6 heteroatoms. The van der Waals surface area contributed by atoms with Crippen molar-refractivity contribution in [1.82, 2.24) is 4.90 Å². The normalized spacial score (nSPS) is 19.2. The molecule has 0 radical (unpaired) electrons. The van der Waals surface area contributed by atoms with Crippen LogP contribution < -0.4 is 5.32 Å². The second-order valence-electron chi connectivity index (χ2n) is 5.11. The third kappa shape index (κ3) is 3.52. The zero-order valence-electron chi connectivity index (χ0n) is 12.2. The number of methoxy groups -OCH3 is 1.